The second-order valence-electron chi connectivity index (χ2n) is 4.99. The van der Waals surface area contributed by atoms with Gasteiger partial charge in [0, 0.05) is 19.8 Å². The standard InChI is InChI=1S/C17H15FN4O/c1-22(2)14-6-3-12(4-7-14)11-20-21-17(23)15-8-5-13(10-19)9-16(15)18/h3-9,11H,1-2H3,(H,21,23)/b20-11+. The van der Waals surface area contributed by atoms with Gasteiger partial charge in [-0.25, -0.2) is 9.82 Å². The Bertz CT molecular complexity index is 776. The van der Waals surface area contributed by atoms with Gasteiger partial charge in [0.2, 0.25) is 0 Å². The minimum absolute atomic E-state index is 0.156. The Balaban J connectivity index is 2.02. The minimum atomic E-state index is -0.757. The molecule has 5 nitrogen and oxygen atoms in total. The number of nitrogens with zero attached hydrogens (tertiary/aromatic N) is 3. The topological polar surface area (TPSA) is 68.5 Å². The van der Waals surface area contributed by atoms with Crippen molar-refractivity contribution in [1.29, 1.82) is 5.26 Å². The van der Waals surface area contributed by atoms with Crippen LogP contribution in [0.15, 0.2) is 47.6 Å². The highest BCUT2D eigenvalue weighted by Crippen LogP contribution is 2.11. The highest BCUT2D eigenvalue weighted by molar-refractivity contribution is 5.95. The molecule has 0 saturated heterocycles. The molecule has 1 N–H and O–H groups in total. The first-order chi connectivity index (χ1) is 11.0. The largest absolute Gasteiger partial charge is 0.378 e. The van der Waals surface area contributed by atoms with E-state index in [4.69, 9.17) is 5.26 Å². The molecule has 0 unspecified atom stereocenters. The molecule has 6 heteroatoms. The number of anilines is 1. The molecule has 0 aromatic heterocycles. The minimum Gasteiger partial charge on any atom is -0.378 e. The molecule has 0 fully saturated rings. The Morgan fingerprint density at radius 3 is 2.52 bits per heavy atom. The number of rotatable bonds is 4. The lowest BCUT2D eigenvalue weighted by Gasteiger charge is -2.11. The maximum atomic E-state index is 13.7. The van der Waals surface area contributed by atoms with Crippen LogP contribution in [0.2, 0.25) is 0 Å². The van der Waals surface area contributed by atoms with Crippen LogP contribution in [0.1, 0.15) is 21.5 Å². The number of amides is 1. The van der Waals surface area contributed by atoms with E-state index in [-0.39, 0.29) is 11.1 Å². The van der Waals surface area contributed by atoms with Crippen LogP contribution in [0.25, 0.3) is 0 Å². The van der Waals surface area contributed by atoms with Crippen molar-refractivity contribution in [3.8, 4) is 6.07 Å². The first kappa shape index (κ1) is 16.2. The maximum absolute atomic E-state index is 13.7. The summed E-state index contributed by atoms with van der Waals surface area (Å²) in [6, 6.07) is 13.0. The van der Waals surface area contributed by atoms with Gasteiger partial charge in [-0.2, -0.15) is 10.4 Å². The molecule has 116 valence electrons. The van der Waals surface area contributed by atoms with Crippen LogP contribution in [0.3, 0.4) is 0 Å². The second kappa shape index (κ2) is 7.18. The zero-order chi connectivity index (χ0) is 16.8. The number of carbonyl (C=O) groups is 1. The van der Waals surface area contributed by atoms with E-state index in [9.17, 15) is 9.18 Å². The van der Waals surface area contributed by atoms with Crippen LogP contribution in [-0.4, -0.2) is 26.2 Å². The molecule has 2 aromatic rings. The van der Waals surface area contributed by atoms with E-state index >= 15 is 0 Å². The molecule has 0 radical (unpaired) electrons. The first-order valence-electron chi connectivity index (χ1n) is 6.81. The normalized spacial score (nSPS) is 10.3. The van der Waals surface area contributed by atoms with Crippen LogP contribution >= 0.6 is 0 Å². The molecule has 0 aliphatic rings. The SMILES string of the molecule is CN(C)c1ccc(/C=N/NC(=O)c2ccc(C#N)cc2F)cc1. The number of halogens is 1. The fourth-order valence-electron chi connectivity index (χ4n) is 1.85. The molecule has 0 aliphatic carbocycles. The van der Waals surface area contributed by atoms with E-state index < -0.39 is 11.7 Å². The molecule has 1 amide bonds. The molecular weight excluding hydrogens is 295 g/mol. The molecule has 0 heterocycles. The second-order valence-corrected chi connectivity index (χ2v) is 4.99. The van der Waals surface area contributed by atoms with Crippen molar-refractivity contribution in [2.24, 2.45) is 5.10 Å². The molecular formula is C17H15FN4O. The lowest BCUT2D eigenvalue weighted by molar-refractivity contribution is 0.0951. The summed E-state index contributed by atoms with van der Waals surface area (Å²) in [6.07, 6.45) is 1.47. The van der Waals surface area contributed by atoms with Crippen LogP contribution < -0.4 is 10.3 Å². The Hall–Kier alpha value is -3.20. The average Bonchev–Trinajstić information content (AvgIpc) is 2.55. The molecule has 0 bridgehead atoms. The summed E-state index contributed by atoms with van der Waals surface area (Å²) in [5, 5.41) is 12.5. The Morgan fingerprint density at radius 2 is 1.96 bits per heavy atom. The van der Waals surface area contributed by atoms with E-state index in [1.165, 1.54) is 18.3 Å². The van der Waals surface area contributed by atoms with Crippen molar-refractivity contribution < 1.29 is 9.18 Å². The third kappa shape index (κ3) is 4.14. The Labute approximate surface area is 133 Å². The number of hydrogen-bond donors (Lipinski definition) is 1. The molecule has 2 aromatic carbocycles. The monoisotopic (exact) mass is 310 g/mol. The van der Waals surface area contributed by atoms with Gasteiger partial charge in [0.1, 0.15) is 5.82 Å². The fraction of sp³-hybridized carbons (Fsp3) is 0.118. The number of hydrogen-bond acceptors (Lipinski definition) is 4. The number of nitriles is 1. The van der Waals surface area contributed by atoms with Gasteiger partial charge in [-0.1, -0.05) is 12.1 Å². The summed E-state index contributed by atoms with van der Waals surface area (Å²) < 4.78 is 13.7. The predicted molar refractivity (Wildman–Crippen MR) is 86.9 cm³/mol. The van der Waals surface area contributed by atoms with Crippen molar-refractivity contribution in [3.05, 3.63) is 65.0 Å². The van der Waals surface area contributed by atoms with Crippen LogP contribution in [0.5, 0.6) is 0 Å². The third-order valence-electron chi connectivity index (χ3n) is 3.13. The van der Waals surface area contributed by atoms with Gasteiger partial charge in [-0.05, 0) is 35.9 Å². The zero-order valence-corrected chi connectivity index (χ0v) is 12.7. The smallest absolute Gasteiger partial charge is 0.274 e. The van der Waals surface area contributed by atoms with Crippen molar-refractivity contribution in [1.82, 2.24) is 5.43 Å². The van der Waals surface area contributed by atoms with Crippen molar-refractivity contribution in [2.75, 3.05) is 19.0 Å². The van der Waals surface area contributed by atoms with Crippen molar-refractivity contribution in [2.45, 2.75) is 0 Å². The number of hydrazone groups is 1. The predicted octanol–water partition coefficient (Wildman–Crippen LogP) is 2.53. The summed E-state index contributed by atoms with van der Waals surface area (Å²) in [7, 11) is 3.88. The summed E-state index contributed by atoms with van der Waals surface area (Å²) in [5.41, 5.74) is 4.10. The number of benzene rings is 2. The van der Waals surface area contributed by atoms with E-state index in [1.807, 2.05) is 43.3 Å². The molecule has 0 aliphatic heterocycles. The summed E-state index contributed by atoms with van der Waals surface area (Å²) in [5.74, 6) is -1.43. The summed E-state index contributed by atoms with van der Waals surface area (Å²) in [4.78, 5) is 13.8. The number of nitrogens with one attached hydrogen (secondary N) is 1. The van der Waals surface area contributed by atoms with E-state index in [0.717, 1.165) is 17.3 Å². The quantitative estimate of drug-likeness (QED) is 0.697. The maximum Gasteiger partial charge on any atom is 0.274 e. The van der Waals surface area contributed by atoms with Crippen LogP contribution in [0, 0.1) is 17.1 Å². The van der Waals surface area contributed by atoms with Crippen molar-refractivity contribution in [3.63, 3.8) is 0 Å². The molecule has 2 rings (SSSR count). The van der Waals surface area contributed by atoms with E-state index in [2.05, 4.69) is 10.5 Å². The number of carbonyl (C=O) groups excluding carboxylic acids is 1. The van der Waals surface area contributed by atoms with Crippen molar-refractivity contribution >= 4 is 17.8 Å². The molecule has 23 heavy (non-hydrogen) atoms. The summed E-state index contributed by atoms with van der Waals surface area (Å²) in [6.45, 7) is 0. The zero-order valence-electron chi connectivity index (χ0n) is 12.7. The van der Waals surface area contributed by atoms with Gasteiger partial charge in [-0.3, -0.25) is 4.79 Å². The molecule has 0 saturated carbocycles. The van der Waals surface area contributed by atoms with Gasteiger partial charge >= 0.3 is 0 Å². The Kier molecular flexibility index (Phi) is 5.05. The van der Waals surface area contributed by atoms with Gasteiger partial charge < -0.3 is 4.90 Å². The Morgan fingerprint density at radius 1 is 1.26 bits per heavy atom. The van der Waals surface area contributed by atoms with Gasteiger partial charge in [-0.15, -0.1) is 0 Å². The van der Waals surface area contributed by atoms with Gasteiger partial charge in [0.15, 0.2) is 0 Å². The lowest BCUT2D eigenvalue weighted by atomic mass is 10.1. The van der Waals surface area contributed by atoms with Gasteiger partial charge in [0.05, 0.1) is 23.4 Å². The summed E-state index contributed by atoms with van der Waals surface area (Å²) >= 11 is 0. The fourth-order valence-corrected chi connectivity index (χ4v) is 1.85. The van der Waals surface area contributed by atoms with Crippen LogP contribution in [0.4, 0.5) is 10.1 Å². The molecule has 0 atom stereocenters. The molecule has 0 spiro atoms. The van der Waals surface area contributed by atoms with E-state index in [0.29, 0.717) is 0 Å². The van der Waals surface area contributed by atoms with Crippen LogP contribution in [-0.2, 0) is 0 Å². The van der Waals surface area contributed by atoms with E-state index in [1.54, 1.807) is 6.07 Å². The third-order valence-corrected chi connectivity index (χ3v) is 3.13. The highest BCUT2D eigenvalue weighted by atomic mass is 19.1. The van der Waals surface area contributed by atoms with Gasteiger partial charge in [0.25, 0.3) is 5.91 Å². The highest BCUT2D eigenvalue weighted by Gasteiger charge is 2.11. The first-order valence-corrected chi connectivity index (χ1v) is 6.81. The lowest BCUT2D eigenvalue weighted by Crippen LogP contribution is -2.19. The average molecular weight is 310 g/mol.